The van der Waals surface area contributed by atoms with Gasteiger partial charge in [-0.1, -0.05) is 6.08 Å². The summed E-state index contributed by atoms with van der Waals surface area (Å²) in [5.74, 6) is 0.982. The number of anilines is 1. The quantitative estimate of drug-likeness (QED) is 0.550. The van der Waals surface area contributed by atoms with E-state index < -0.39 is 18.2 Å². The highest BCUT2D eigenvalue weighted by molar-refractivity contribution is 5.85. The van der Waals surface area contributed by atoms with E-state index in [4.69, 9.17) is 5.73 Å². The molecule has 0 amide bonds. The van der Waals surface area contributed by atoms with Crippen LogP contribution in [0.2, 0.25) is 0 Å². The third kappa shape index (κ3) is 1.71. The van der Waals surface area contributed by atoms with Gasteiger partial charge in [-0.3, -0.25) is 0 Å². The number of nitrogens with zero attached hydrogens (tertiary/aromatic N) is 3. The molecular formula is C13H16N4O3. The molecule has 0 fully saturated rings. The number of aliphatic hydroxyl groups excluding tert-OH is 3. The van der Waals surface area contributed by atoms with Crippen LogP contribution >= 0.6 is 0 Å². The van der Waals surface area contributed by atoms with Crippen molar-refractivity contribution in [3.63, 3.8) is 0 Å². The van der Waals surface area contributed by atoms with Crippen molar-refractivity contribution in [3.8, 4) is 0 Å². The highest BCUT2D eigenvalue weighted by Crippen LogP contribution is 2.33. The van der Waals surface area contributed by atoms with Gasteiger partial charge in [0, 0.05) is 6.20 Å². The van der Waals surface area contributed by atoms with E-state index in [0.717, 1.165) is 5.52 Å². The summed E-state index contributed by atoms with van der Waals surface area (Å²) < 4.78 is 1.80. The molecule has 106 valence electrons. The molecule has 0 aromatic carbocycles. The second-order valence-corrected chi connectivity index (χ2v) is 4.92. The average Bonchev–Trinajstić information content (AvgIpc) is 2.90. The molecule has 0 aliphatic heterocycles. The summed E-state index contributed by atoms with van der Waals surface area (Å²) in [7, 11) is 0. The van der Waals surface area contributed by atoms with E-state index in [1.54, 1.807) is 29.8 Å². The number of fused-ring (bicyclic) bond motifs is 1. The first-order valence-corrected chi connectivity index (χ1v) is 6.31. The Morgan fingerprint density at radius 1 is 1.40 bits per heavy atom. The van der Waals surface area contributed by atoms with Gasteiger partial charge in [0.15, 0.2) is 5.82 Å². The normalized spacial score (nSPS) is 26.2. The standard InChI is InChI=1S/C13H16N4O3/c1-6-16-10-8(2-3-15-13(10)14)17(6)9-4-7(5-18)11(19)12(9)20/h2-4,9,11-12,18-20H,5H2,1H3,(H2,14,15)/t9-,11-,12+/m1/s1. The zero-order valence-electron chi connectivity index (χ0n) is 10.9. The number of rotatable bonds is 2. The molecule has 0 saturated heterocycles. The van der Waals surface area contributed by atoms with Crippen molar-refractivity contribution in [1.29, 1.82) is 0 Å². The second kappa shape index (κ2) is 4.55. The molecule has 0 saturated carbocycles. The molecule has 7 nitrogen and oxygen atoms in total. The first-order valence-electron chi connectivity index (χ1n) is 6.31. The number of nitrogens with two attached hydrogens (primary N) is 1. The molecule has 3 atom stereocenters. The van der Waals surface area contributed by atoms with Crippen molar-refractivity contribution in [1.82, 2.24) is 14.5 Å². The Kier molecular flexibility index (Phi) is 2.97. The maximum absolute atomic E-state index is 10.2. The van der Waals surface area contributed by atoms with E-state index in [2.05, 4.69) is 9.97 Å². The van der Waals surface area contributed by atoms with Gasteiger partial charge >= 0.3 is 0 Å². The zero-order valence-corrected chi connectivity index (χ0v) is 10.9. The summed E-state index contributed by atoms with van der Waals surface area (Å²) in [5.41, 5.74) is 7.51. The van der Waals surface area contributed by atoms with Crippen molar-refractivity contribution < 1.29 is 15.3 Å². The number of hydrogen-bond donors (Lipinski definition) is 4. The first kappa shape index (κ1) is 13.0. The molecule has 0 bridgehead atoms. The van der Waals surface area contributed by atoms with E-state index in [1.807, 2.05) is 0 Å². The van der Waals surface area contributed by atoms with Crippen LogP contribution in [-0.4, -0.2) is 48.7 Å². The van der Waals surface area contributed by atoms with Gasteiger partial charge in [0.05, 0.1) is 18.2 Å². The Balaban J connectivity index is 2.18. The number of aliphatic hydroxyl groups is 3. The number of imidazole rings is 1. The topological polar surface area (TPSA) is 117 Å². The third-order valence-corrected chi connectivity index (χ3v) is 3.73. The second-order valence-electron chi connectivity index (χ2n) is 4.92. The number of pyridine rings is 1. The van der Waals surface area contributed by atoms with Gasteiger partial charge in [0.25, 0.3) is 0 Å². The molecule has 1 aliphatic carbocycles. The van der Waals surface area contributed by atoms with Gasteiger partial charge in [-0.05, 0) is 18.6 Å². The molecule has 0 spiro atoms. The van der Waals surface area contributed by atoms with Crippen LogP contribution in [-0.2, 0) is 0 Å². The predicted molar refractivity (Wildman–Crippen MR) is 72.9 cm³/mol. The Morgan fingerprint density at radius 2 is 2.15 bits per heavy atom. The van der Waals surface area contributed by atoms with Crippen molar-refractivity contribution >= 4 is 16.9 Å². The fourth-order valence-corrected chi connectivity index (χ4v) is 2.73. The van der Waals surface area contributed by atoms with E-state index in [9.17, 15) is 15.3 Å². The number of aryl methyl sites for hydroxylation is 1. The maximum atomic E-state index is 10.2. The molecule has 3 rings (SSSR count). The number of hydrogen-bond acceptors (Lipinski definition) is 6. The van der Waals surface area contributed by atoms with Gasteiger partial charge in [-0.2, -0.15) is 0 Å². The fourth-order valence-electron chi connectivity index (χ4n) is 2.73. The first-order chi connectivity index (χ1) is 9.54. The lowest BCUT2D eigenvalue weighted by molar-refractivity contribution is 0.0285. The number of nitrogen functional groups attached to an aromatic ring is 1. The molecule has 5 N–H and O–H groups in total. The van der Waals surface area contributed by atoms with Gasteiger partial charge in [-0.15, -0.1) is 0 Å². The third-order valence-electron chi connectivity index (χ3n) is 3.73. The van der Waals surface area contributed by atoms with Crippen LogP contribution in [0.5, 0.6) is 0 Å². The average molecular weight is 276 g/mol. The lowest BCUT2D eigenvalue weighted by Gasteiger charge is -2.20. The van der Waals surface area contributed by atoms with Gasteiger partial charge in [-0.25, -0.2) is 9.97 Å². The van der Waals surface area contributed by atoms with Gasteiger partial charge < -0.3 is 25.6 Å². The molecule has 2 heterocycles. The van der Waals surface area contributed by atoms with Crippen molar-refractivity contribution in [2.45, 2.75) is 25.2 Å². The summed E-state index contributed by atoms with van der Waals surface area (Å²) in [6.45, 7) is 1.51. The van der Waals surface area contributed by atoms with Gasteiger partial charge in [0.1, 0.15) is 23.5 Å². The highest BCUT2D eigenvalue weighted by atomic mass is 16.3. The Bertz CT molecular complexity index is 694. The van der Waals surface area contributed by atoms with Crippen molar-refractivity contribution in [3.05, 3.63) is 29.7 Å². The van der Waals surface area contributed by atoms with Crippen molar-refractivity contribution in [2.24, 2.45) is 0 Å². The lowest BCUT2D eigenvalue weighted by Crippen LogP contribution is -2.30. The highest BCUT2D eigenvalue weighted by Gasteiger charge is 2.36. The van der Waals surface area contributed by atoms with Crippen LogP contribution in [0.3, 0.4) is 0 Å². The minimum absolute atomic E-state index is 0.288. The summed E-state index contributed by atoms with van der Waals surface area (Å²) in [4.78, 5) is 8.35. The van der Waals surface area contributed by atoms with E-state index in [-0.39, 0.29) is 6.61 Å². The molecular weight excluding hydrogens is 260 g/mol. The summed E-state index contributed by atoms with van der Waals surface area (Å²) in [6, 6.07) is 1.27. The zero-order chi connectivity index (χ0) is 14.4. The molecule has 0 unspecified atom stereocenters. The maximum Gasteiger partial charge on any atom is 0.151 e. The molecule has 7 heteroatoms. The van der Waals surface area contributed by atoms with Crippen LogP contribution < -0.4 is 5.73 Å². The fraction of sp³-hybridized carbons (Fsp3) is 0.385. The predicted octanol–water partition coefficient (Wildman–Crippen LogP) is -0.483. The SMILES string of the molecule is Cc1nc2c(N)nccc2n1[C@@H]1C=C(CO)[C@@H](O)[C@H]1O. The Hall–Kier alpha value is -1.96. The summed E-state index contributed by atoms with van der Waals surface area (Å²) in [5, 5.41) is 29.3. The van der Waals surface area contributed by atoms with Crippen LogP contribution in [0.15, 0.2) is 23.9 Å². The molecule has 2 aromatic rings. The number of aromatic nitrogens is 3. The van der Waals surface area contributed by atoms with Crippen LogP contribution in [0, 0.1) is 6.92 Å². The molecule has 20 heavy (non-hydrogen) atoms. The van der Waals surface area contributed by atoms with E-state index in [1.165, 1.54) is 0 Å². The minimum Gasteiger partial charge on any atom is -0.392 e. The summed E-state index contributed by atoms with van der Waals surface area (Å²) in [6.07, 6.45) is 1.15. The van der Waals surface area contributed by atoms with Gasteiger partial charge in [0.2, 0.25) is 0 Å². The van der Waals surface area contributed by atoms with Crippen LogP contribution in [0.4, 0.5) is 5.82 Å². The van der Waals surface area contributed by atoms with Crippen LogP contribution in [0.1, 0.15) is 11.9 Å². The minimum atomic E-state index is -1.07. The van der Waals surface area contributed by atoms with Crippen molar-refractivity contribution in [2.75, 3.05) is 12.3 Å². The smallest absolute Gasteiger partial charge is 0.151 e. The van der Waals surface area contributed by atoms with E-state index in [0.29, 0.717) is 22.7 Å². The summed E-state index contributed by atoms with van der Waals surface area (Å²) >= 11 is 0. The molecule has 0 radical (unpaired) electrons. The van der Waals surface area contributed by atoms with E-state index >= 15 is 0 Å². The molecule has 2 aromatic heterocycles. The Labute approximate surface area is 115 Å². The molecule has 1 aliphatic rings. The lowest BCUT2D eigenvalue weighted by atomic mass is 10.1. The van der Waals surface area contributed by atoms with Crippen LogP contribution in [0.25, 0.3) is 11.0 Å². The largest absolute Gasteiger partial charge is 0.392 e. The Morgan fingerprint density at radius 3 is 2.80 bits per heavy atom. The monoisotopic (exact) mass is 276 g/mol.